The van der Waals surface area contributed by atoms with Crippen LogP contribution in [0.4, 0.5) is 0 Å². The number of hydrogen-bond acceptors (Lipinski definition) is 4. The number of aliphatic hydroxyl groups excluding tert-OH is 2. The zero-order valence-corrected chi connectivity index (χ0v) is 29.2. The summed E-state index contributed by atoms with van der Waals surface area (Å²) < 4.78 is 0. The van der Waals surface area contributed by atoms with E-state index in [0.29, 0.717) is 6.42 Å². The molecule has 1 heterocycles. The molecule has 0 saturated heterocycles. The van der Waals surface area contributed by atoms with Crippen molar-refractivity contribution in [3.05, 3.63) is 94.2 Å². The van der Waals surface area contributed by atoms with Gasteiger partial charge in [-0.15, -0.1) is 34.9 Å². The molecule has 0 aliphatic heterocycles. The summed E-state index contributed by atoms with van der Waals surface area (Å²) in [5.41, 5.74) is 13.1. The van der Waals surface area contributed by atoms with E-state index in [1.807, 2.05) is 33.9 Å². The van der Waals surface area contributed by atoms with Gasteiger partial charge in [0, 0.05) is 37.6 Å². The Morgan fingerprint density at radius 1 is 0.619 bits per heavy atom. The van der Waals surface area contributed by atoms with E-state index >= 15 is 0 Å². The van der Waals surface area contributed by atoms with Gasteiger partial charge in [0.25, 0.3) is 0 Å². The third-order valence-corrected chi connectivity index (χ3v) is 7.21. The number of hydrogen-bond donors (Lipinski definition) is 2. The molecule has 1 aromatic heterocycles. The Kier molecular flexibility index (Phi) is 13.3. The minimum absolute atomic E-state index is 0. The van der Waals surface area contributed by atoms with Crippen LogP contribution in [0.1, 0.15) is 67.5 Å². The molecule has 0 saturated carbocycles. The predicted molar refractivity (Wildman–Crippen MR) is 172 cm³/mol. The molecule has 0 fully saturated rings. The molecule has 0 spiro atoms. The fraction of sp³-hybridized carbons (Fsp3) is 0.405. The summed E-state index contributed by atoms with van der Waals surface area (Å²) in [6.45, 7) is 20.5. The van der Waals surface area contributed by atoms with Gasteiger partial charge in [-0.05, 0) is 63.6 Å². The predicted octanol–water partition coefficient (Wildman–Crippen LogP) is 8.54. The molecule has 0 aliphatic rings. The number of aliphatic hydroxyl groups is 2. The molecule has 42 heavy (non-hydrogen) atoms. The SMILES string of the molecule is CC(C)C(O)CC(O)C(C)C.Cc1[c-]c(-c2ncc(-c3cc(C)cc(C)c3)nc2-c2cc(C)cc(C)c2)cc(C)c1.[Ir]. The second-order valence-corrected chi connectivity index (χ2v) is 12.3. The second kappa shape index (κ2) is 15.7. The monoisotopic (exact) mass is 744 g/mol. The molecule has 5 heteroatoms. The topological polar surface area (TPSA) is 66.2 Å². The molecule has 2 atom stereocenters. The van der Waals surface area contributed by atoms with Crippen molar-refractivity contribution >= 4 is 0 Å². The number of rotatable bonds is 7. The van der Waals surface area contributed by atoms with Gasteiger partial charge in [0.1, 0.15) is 0 Å². The van der Waals surface area contributed by atoms with Crippen molar-refractivity contribution in [3.8, 4) is 33.8 Å². The van der Waals surface area contributed by atoms with Crippen LogP contribution in [0.15, 0.2) is 54.7 Å². The summed E-state index contributed by atoms with van der Waals surface area (Å²) >= 11 is 0. The van der Waals surface area contributed by atoms with Crippen LogP contribution in [0, 0.1) is 59.4 Å². The van der Waals surface area contributed by atoms with E-state index in [9.17, 15) is 10.2 Å². The Hall–Kier alpha value is -2.69. The van der Waals surface area contributed by atoms with Crippen molar-refractivity contribution in [2.75, 3.05) is 0 Å². The van der Waals surface area contributed by atoms with Crippen molar-refractivity contribution in [3.63, 3.8) is 0 Å². The second-order valence-electron chi connectivity index (χ2n) is 12.3. The Morgan fingerprint density at radius 2 is 1.07 bits per heavy atom. The molecule has 3 aromatic carbocycles. The molecule has 2 N–H and O–H groups in total. The molecular weight excluding hydrogens is 697 g/mol. The molecule has 4 nitrogen and oxygen atoms in total. The maximum absolute atomic E-state index is 9.39. The van der Waals surface area contributed by atoms with Crippen LogP contribution in [0.25, 0.3) is 33.8 Å². The zero-order chi connectivity index (χ0) is 30.4. The molecular formula is C37H47IrN2O2-. The van der Waals surface area contributed by atoms with Crippen LogP contribution in [-0.4, -0.2) is 32.4 Å². The van der Waals surface area contributed by atoms with E-state index in [1.54, 1.807) is 0 Å². The molecule has 227 valence electrons. The average molecular weight is 744 g/mol. The van der Waals surface area contributed by atoms with Crippen LogP contribution in [-0.2, 0) is 20.1 Å². The van der Waals surface area contributed by atoms with Gasteiger partial charge >= 0.3 is 0 Å². The van der Waals surface area contributed by atoms with Gasteiger partial charge in [0.05, 0.1) is 23.6 Å². The van der Waals surface area contributed by atoms with Crippen molar-refractivity contribution in [2.45, 2.75) is 87.9 Å². The van der Waals surface area contributed by atoms with Crippen LogP contribution < -0.4 is 0 Å². The molecule has 1 radical (unpaired) electrons. The maximum atomic E-state index is 9.39. The molecule has 0 bridgehead atoms. The van der Waals surface area contributed by atoms with E-state index in [2.05, 4.69) is 96.1 Å². The fourth-order valence-corrected chi connectivity index (χ4v) is 4.98. The van der Waals surface area contributed by atoms with Gasteiger partial charge in [0.2, 0.25) is 0 Å². The summed E-state index contributed by atoms with van der Waals surface area (Å²) in [4.78, 5) is 10.0. The molecule has 2 unspecified atom stereocenters. The van der Waals surface area contributed by atoms with E-state index in [4.69, 9.17) is 9.97 Å². The third-order valence-electron chi connectivity index (χ3n) is 7.21. The first-order chi connectivity index (χ1) is 19.2. The Labute approximate surface area is 267 Å². The fourth-order valence-electron chi connectivity index (χ4n) is 4.98. The third kappa shape index (κ3) is 9.95. The minimum atomic E-state index is -0.368. The Bertz CT molecular complexity index is 1410. The summed E-state index contributed by atoms with van der Waals surface area (Å²) in [7, 11) is 0. The number of aromatic nitrogens is 2. The van der Waals surface area contributed by atoms with Gasteiger partial charge in [0.15, 0.2) is 0 Å². The minimum Gasteiger partial charge on any atom is -0.393 e. The van der Waals surface area contributed by atoms with Crippen molar-refractivity contribution in [2.24, 2.45) is 11.8 Å². The largest absolute Gasteiger partial charge is 0.393 e. The van der Waals surface area contributed by atoms with Crippen LogP contribution in [0.5, 0.6) is 0 Å². The van der Waals surface area contributed by atoms with Gasteiger partial charge < -0.3 is 15.2 Å². The average Bonchev–Trinajstić information content (AvgIpc) is 2.87. The smallest absolute Gasteiger partial charge is 0.0873 e. The van der Waals surface area contributed by atoms with Gasteiger partial charge in [-0.25, -0.2) is 0 Å². The molecule has 0 aliphatic carbocycles. The van der Waals surface area contributed by atoms with E-state index in [0.717, 1.165) is 39.3 Å². The van der Waals surface area contributed by atoms with Crippen molar-refractivity contribution in [1.82, 2.24) is 9.97 Å². The van der Waals surface area contributed by atoms with Gasteiger partial charge in [-0.3, -0.25) is 4.98 Å². The quantitative estimate of drug-likeness (QED) is 0.186. The van der Waals surface area contributed by atoms with Crippen LogP contribution in [0.2, 0.25) is 0 Å². The molecule has 0 amide bonds. The van der Waals surface area contributed by atoms with Crippen molar-refractivity contribution in [1.29, 1.82) is 0 Å². The summed E-state index contributed by atoms with van der Waals surface area (Å²) in [5, 5.41) is 18.8. The van der Waals surface area contributed by atoms with Crippen LogP contribution in [0.3, 0.4) is 0 Å². The zero-order valence-electron chi connectivity index (χ0n) is 26.8. The van der Waals surface area contributed by atoms with Crippen LogP contribution >= 0.6 is 0 Å². The van der Waals surface area contributed by atoms with E-state index in [-0.39, 0.29) is 44.1 Å². The van der Waals surface area contributed by atoms with Gasteiger partial charge in [-0.2, -0.15) is 0 Å². The van der Waals surface area contributed by atoms with Gasteiger partial charge in [-0.1, -0.05) is 88.1 Å². The van der Waals surface area contributed by atoms with E-state index in [1.165, 1.54) is 27.8 Å². The Balaban J connectivity index is 0.000000440. The molecule has 4 rings (SSSR count). The summed E-state index contributed by atoms with van der Waals surface area (Å²) in [6.07, 6.45) is 1.65. The number of nitrogens with zero attached hydrogens (tertiary/aromatic N) is 2. The normalized spacial score (nSPS) is 12.4. The summed E-state index contributed by atoms with van der Waals surface area (Å²) in [5.74, 6) is 0.479. The first-order valence-electron chi connectivity index (χ1n) is 14.6. The number of aryl methyl sites for hydroxylation is 6. The number of benzene rings is 3. The Morgan fingerprint density at radius 3 is 1.52 bits per heavy atom. The first-order valence-corrected chi connectivity index (χ1v) is 14.6. The standard InChI is InChI=1S/C28H27N2.C9H20O2.Ir/c1-17-7-18(2)11-23(10-17)26-16-29-27(24-12-19(3)8-20(4)13-24)28(30-26)25-14-21(5)9-22(6)15-25;1-6(2)8(10)5-9(11)7(3)4;/h7-12,14-16H,1-6H3;6-11H,5H2,1-4H3;/q-1;;. The summed E-state index contributed by atoms with van der Waals surface area (Å²) in [6, 6.07) is 20.8. The maximum Gasteiger partial charge on any atom is 0.0873 e. The molecule has 4 aromatic rings. The van der Waals surface area contributed by atoms with E-state index < -0.39 is 0 Å². The first kappa shape index (κ1) is 35.5. The van der Waals surface area contributed by atoms with Crippen molar-refractivity contribution < 1.29 is 30.3 Å².